The fraction of sp³-hybridized carbons (Fsp3) is 0.773. The zero-order chi connectivity index (χ0) is 25.9. The Balaban J connectivity index is 5.52. The molecule has 4 unspecified atom stereocenters. The summed E-state index contributed by atoms with van der Waals surface area (Å²) in [7, 11) is 0. The molecule has 0 radical (unpaired) electrons. The second-order valence-electron chi connectivity index (χ2n) is 9.48. The van der Waals surface area contributed by atoms with Crippen LogP contribution in [0.25, 0.3) is 0 Å². The predicted octanol–water partition coefficient (Wildman–Crippen LogP) is 0.466. The Morgan fingerprint density at radius 2 is 1.09 bits per heavy atom. The molecule has 7 N–H and O–H groups in total. The van der Waals surface area contributed by atoms with Crippen LogP contribution in [-0.2, 0) is 24.0 Å². The molecule has 0 rings (SSSR count). The van der Waals surface area contributed by atoms with E-state index in [1.165, 1.54) is 0 Å². The molecule has 11 nitrogen and oxygen atoms in total. The molecule has 0 heterocycles. The molecule has 0 fully saturated rings. The Hall–Kier alpha value is -2.69. The van der Waals surface area contributed by atoms with Crippen LogP contribution in [0, 0.1) is 17.8 Å². The van der Waals surface area contributed by atoms with Gasteiger partial charge in [0.25, 0.3) is 0 Å². The van der Waals surface area contributed by atoms with Crippen molar-refractivity contribution in [1.82, 2.24) is 16.0 Å². The van der Waals surface area contributed by atoms with Gasteiger partial charge in [0.15, 0.2) is 0 Å². The normalized spacial score (nSPS) is 15.0. The lowest BCUT2D eigenvalue weighted by molar-refractivity contribution is -0.143. The second kappa shape index (κ2) is 14.5. The standard InChI is InChI=1S/C22H40N4O7/c1-11(2)9-15(19(29)24-14(22(32)33)7-8-17(27)28)25-20(30)16(10-12(3)4)26-21(31)18(23)13(5)6/h11-16,18H,7-10,23H2,1-6H3,(H,24,29)(H,25,30)(H,26,31)(H,27,28)(H,32,33). The van der Waals surface area contributed by atoms with Crippen molar-refractivity contribution in [1.29, 1.82) is 0 Å². The van der Waals surface area contributed by atoms with E-state index < -0.39 is 60.2 Å². The quantitative estimate of drug-likeness (QED) is 0.198. The van der Waals surface area contributed by atoms with Gasteiger partial charge in [-0.15, -0.1) is 0 Å². The van der Waals surface area contributed by atoms with Gasteiger partial charge in [0, 0.05) is 6.42 Å². The number of rotatable bonds is 15. The van der Waals surface area contributed by atoms with E-state index in [9.17, 15) is 29.1 Å². The van der Waals surface area contributed by atoms with Crippen LogP contribution >= 0.6 is 0 Å². The highest BCUT2D eigenvalue weighted by Gasteiger charge is 2.31. The Morgan fingerprint density at radius 3 is 1.42 bits per heavy atom. The maximum absolute atomic E-state index is 13.0. The van der Waals surface area contributed by atoms with Crippen molar-refractivity contribution in [3.8, 4) is 0 Å². The molecule has 190 valence electrons. The van der Waals surface area contributed by atoms with Crippen molar-refractivity contribution in [3.05, 3.63) is 0 Å². The first-order valence-corrected chi connectivity index (χ1v) is 11.3. The van der Waals surface area contributed by atoms with Crippen molar-refractivity contribution in [2.75, 3.05) is 0 Å². The molecule has 0 aromatic rings. The lowest BCUT2D eigenvalue weighted by Gasteiger charge is -2.27. The van der Waals surface area contributed by atoms with Crippen LogP contribution in [0.4, 0.5) is 0 Å². The fourth-order valence-corrected chi connectivity index (χ4v) is 3.05. The molecule has 0 saturated carbocycles. The smallest absolute Gasteiger partial charge is 0.326 e. The summed E-state index contributed by atoms with van der Waals surface area (Å²) in [5, 5.41) is 25.7. The molecule has 0 aromatic carbocycles. The lowest BCUT2D eigenvalue weighted by Crippen LogP contribution is -2.58. The summed E-state index contributed by atoms with van der Waals surface area (Å²) >= 11 is 0. The molecule has 0 saturated heterocycles. The molecule has 0 spiro atoms. The number of hydrogen-bond acceptors (Lipinski definition) is 6. The van der Waals surface area contributed by atoms with Crippen molar-refractivity contribution in [2.24, 2.45) is 23.5 Å². The minimum atomic E-state index is -1.41. The zero-order valence-corrected chi connectivity index (χ0v) is 20.4. The Kier molecular flexibility index (Phi) is 13.3. The maximum atomic E-state index is 13.0. The summed E-state index contributed by atoms with van der Waals surface area (Å²) < 4.78 is 0. The number of carbonyl (C=O) groups is 5. The molecule has 11 heteroatoms. The number of carboxylic acid groups (broad SMARTS) is 2. The second-order valence-corrected chi connectivity index (χ2v) is 9.48. The number of carboxylic acids is 2. The summed E-state index contributed by atoms with van der Waals surface area (Å²) in [5.41, 5.74) is 5.88. The third-order valence-corrected chi connectivity index (χ3v) is 4.96. The average molecular weight is 473 g/mol. The zero-order valence-electron chi connectivity index (χ0n) is 20.4. The van der Waals surface area contributed by atoms with E-state index in [-0.39, 0.29) is 30.6 Å². The fourth-order valence-electron chi connectivity index (χ4n) is 3.05. The summed E-state index contributed by atoms with van der Waals surface area (Å²) in [5.74, 6) is -4.44. The number of hydrogen-bond donors (Lipinski definition) is 6. The van der Waals surface area contributed by atoms with Crippen molar-refractivity contribution in [3.63, 3.8) is 0 Å². The van der Waals surface area contributed by atoms with Gasteiger partial charge in [-0.2, -0.15) is 0 Å². The van der Waals surface area contributed by atoms with Gasteiger partial charge in [-0.1, -0.05) is 41.5 Å². The van der Waals surface area contributed by atoms with E-state index in [0.29, 0.717) is 6.42 Å². The summed E-state index contributed by atoms with van der Waals surface area (Å²) in [6.07, 6.45) is -0.194. The van der Waals surface area contributed by atoms with E-state index in [0.717, 1.165) is 0 Å². The highest BCUT2D eigenvalue weighted by molar-refractivity contribution is 5.94. The van der Waals surface area contributed by atoms with Crippen LogP contribution in [0.1, 0.15) is 67.2 Å². The Morgan fingerprint density at radius 1 is 0.697 bits per heavy atom. The molecule has 4 atom stereocenters. The van der Waals surface area contributed by atoms with E-state index in [1.807, 2.05) is 27.7 Å². The van der Waals surface area contributed by atoms with Gasteiger partial charge in [0.05, 0.1) is 6.04 Å². The molecule has 0 aliphatic rings. The summed E-state index contributed by atoms with van der Waals surface area (Å²) in [6, 6.07) is -4.19. The van der Waals surface area contributed by atoms with E-state index >= 15 is 0 Å². The van der Waals surface area contributed by atoms with E-state index in [2.05, 4.69) is 16.0 Å². The highest BCUT2D eigenvalue weighted by atomic mass is 16.4. The average Bonchev–Trinajstić information content (AvgIpc) is 2.67. The van der Waals surface area contributed by atoms with Crippen LogP contribution in [-0.4, -0.2) is 64.0 Å². The Bertz CT molecular complexity index is 694. The van der Waals surface area contributed by atoms with Crippen molar-refractivity contribution >= 4 is 29.7 Å². The maximum Gasteiger partial charge on any atom is 0.326 e. The van der Waals surface area contributed by atoms with Crippen LogP contribution in [0.2, 0.25) is 0 Å². The highest BCUT2D eigenvalue weighted by Crippen LogP contribution is 2.10. The molecule has 0 aliphatic carbocycles. The first-order valence-electron chi connectivity index (χ1n) is 11.3. The van der Waals surface area contributed by atoms with Gasteiger partial charge in [0.1, 0.15) is 18.1 Å². The summed E-state index contributed by atoms with van der Waals surface area (Å²) in [6.45, 7) is 11.0. The predicted molar refractivity (Wildman–Crippen MR) is 122 cm³/mol. The molecule has 0 aromatic heterocycles. The third kappa shape index (κ3) is 12.2. The minimum Gasteiger partial charge on any atom is -0.481 e. The first-order chi connectivity index (χ1) is 15.1. The minimum absolute atomic E-state index is 0.0177. The third-order valence-electron chi connectivity index (χ3n) is 4.96. The SMILES string of the molecule is CC(C)CC(NC(=O)C(CC(C)C)NC(=O)C(N)C(C)C)C(=O)NC(CCC(=O)O)C(=O)O. The molecule has 0 aliphatic heterocycles. The van der Waals surface area contributed by atoms with Crippen molar-refractivity contribution in [2.45, 2.75) is 91.4 Å². The molecular weight excluding hydrogens is 432 g/mol. The molecule has 0 bridgehead atoms. The van der Waals surface area contributed by atoms with E-state index in [4.69, 9.17) is 10.8 Å². The summed E-state index contributed by atoms with van der Waals surface area (Å²) in [4.78, 5) is 60.4. The topological polar surface area (TPSA) is 188 Å². The van der Waals surface area contributed by atoms with Crippen LogP contribution in [0.5, 0.6) is 0 Å². The first kappa shape index (κ1) is 30.3. The monoisotopic (exact) mass is 472 g/mol. The number of amides is 3. The van der Waals surface area contributed by atoms with Gasteiger partial charge in [-0.3, -0.25) is 19.2 Å². The number of carbonyl (C=O) groups excluding carboxylic acids is 3. The van der Waals surface area contributed by atoms with Crippen LogP contribution < -0.4 is 21.7 Å². The number of nitrogens with one attached hydrogen (secondary N) is 3. The molecule has 33 heavy (non-hydrogen) atoms. The van der Waals surface area contributed by atoms with Gasteiger partial charge < -0.3 is 31.9 Å². The van der Waals surface area contributed by atoms with Gasteiger partial charge in [-0.25, -0.2) is 4.79 Å². The molecule has 3 amide bonds. The lowest BCUT2D eigenvalue weighted by atomic mass is 9.98. The number of aliphatic carboxylic acids is 2. The van der Waals surface area contributed by atoms with Gasteiger partial charge in [-0.05, 0) is 37.0 Å². The van der Waals surface area contributed by atoms with Gasteiger partial charge in [0.2, 0.25) is 17.7 Å². The van der Waals surface area contributed by atoms with Crippen molar-refractivity contribution < 1.29 is 34.2 Å². The molecular formula is C22H40N4O7. The van der Waals surface area contributed by atoms with E-state index in [1.54, 1.807) is 13.8 Å². The number of nitrogens with two attached hydrogens (primary N) is 1. The Labute approximate surface area is 195 Å². The largest absolute Gasteiger partial charge is 0.481 e. The van der Waals surface area contributed by atoms with Crippen LogP contribution in [0.15, 0.2) is 0 Å². The van der Waals surface area contributed by atoms with Crippen LogP contribution in [0.3, 0.4) is 0 Å². The van der Waals surface area contributed by atoms with Gasteiger partial charge >= 0.3 is 11.9 Å².